The molecule has 2 atom stereocenters. The van der Waals surface area contributed by atoms with Crippen molar-refractivity contribution < 1.29 is 24.5 Å². The molecule has 0 aliphatic heterocycles. The Morgan fingerprint density at radius 2 is 1.70 bits per heavy atom. The lowest BCUT2D eigenvalue weighted by Gasteiger charge is -2.27. The highest BCUT2D eigenvalue weighted by Gasteiger charge is 2.28. The number of benzene rings is 2. The van der Waals surface area contributed by atoms with Crippen LogP contribution in [-0.2, 0) is 4.79 Å². The van der Waals surface area contributed by atoms with Gasteiger partial charge in [-0.05, 0) is 30.5 Å². The first-order chi connectivity index (χ1) is 15.7. The van der Waals surface area contributed by atoms with Crippen LogP contribution in [0.3, 0.4) is 0 Å². The van der Waals surface area contributed by atoms with Crippen molar-refractivity contribution in [2.24, 2.45) is 5.92 Å². The smallest absolute Gasteiger partial charge is 0.305 e. The fourth-order valence-corrected chi connectivity index (χ4v) is 3.06. The van der Waals surface area contributed by atoms with E-state index in [1.165, 1.54) is 10.7 Å². The second-order valence-corrected chi connectivity index (χ2v) is 8.45. The van der Waals surface area contributed by atoms with Gasteiger partial charge in [0.15, 0.2) is 5.69 Å². The summed E-state index contributed by atoms with van der Waals surface area (Å²) in [4.78, 5) is 24.4. The van der Waals surface area contributed by atoms with Gasteiger partial charge in [0.1, 0.15) is 6.61 Å². The molecule has 33 heavy (non-hydrogen) atoms. The van der Waals surface area contributed by atoms with Gasteiger partial charge in [-0.25, -0.2) is 4.68 Å². The van der Waals surface area contributed by atoms with Gasteiger partial charge in [-0.15, -0.1) is 0 Å². The van der Waals surface area contributed by atoms with Crippen molar-refractivity contribution >= 4 is 11.9 Å². The number of nitrogens with zero attached hydrogens (tertiary/aromatic N) is 2. The zero-order valence-electron chi connectivity index (χ0n) is 18.9. The fourth-order valence-electron chi connectivity index (χ4n) is 3.06. The monoisotopic (exact) mass is 451 g/mol. The predicted octanol–water partition coefficient (Wildman–Crippen LogP) is 3.60. The molecule has 3 aromatic rings. The van der Waals surface area contributed by atoms with E-state index in [1.807, 2.05) is 50.2 Å². The highest BCUT2D eigenvalue weighted by molar-refractivity contribution is 5.93. The summed E-state index contributed by atoms with van der Waals surface area (Å²) in [7, 11) is 0. The topological polar surface area (TPSA) is 114 Å². The van der Waals surface area contributed by atoms with Crippen molar-refractivity contribution in [3.05, 3.63) is 78.0 Å². The number of ether oxygens (including phenoxy) is 1. The van der Waals surface area contributed by atoms with Crippen molar-refractivity contribution in [1.82, 2.24) is 15.1 Å². The van der Waals surface area contributed by atoms with Gasteiger partial charge >= 0.3 is 5.97 Å². The molecule has 0 radical (unpaired) electrons. The summed E-state index contributed by atoms with van der Waals surface area (Å²) in [5.74, 6) is -1.31. The van der Waals surface area contributed by atoms with E-state index in [2.05, 4.69) is 10.4 Å². The van der Waals surface area contributed by atoms with Crippen molar-refractivity contribution in [2.75, 3.05) is 6.61 Å². The number of hydrogen-bond donors (Lipinski definition) is 3. The molecular formula is C25H29N3O5. The number of carbonyl (C=O) groups excluding carboxylic acids is 1. The molecule has 1 aromatic heterocycles. The van der Waals surface area contributed by atoms with Gasteiger partial charge in [-0.2, -0.15) is 5.10 Å². The Balaban J connectivity index is 1.89. The van der Waals surface area contributed by atoms with Gasteiger partial charge in [-0.1, -0.05) is 62.4 Å². The molecular weight excluding hydrogens is 422 g/mol. The first kappa shape index (κ1) is 24.0. The Kier molecular flexibility index (Phi) is 7.50. The van der Waals surface area contributed by atoms with Crippen molar-refractivity contribution in [2.45, 2.75) is 38.8 Å². The average molecular weight is 452 g/mol. The SMILES string of the molecule is CC(C)C(C)(O)COc1cc(C(=O)NC(CC(=O)O)c2ccccc2)nn1-c1ccccc1. The van der Waals surface area contributed by atoms with Crippen LogP contribution in [0.25, 0.3) is 5.69 Å². The first-order valence-electron chi connectivity index (χ1n) is 10.8. The number of hydrogen-bond acceptors (Lipinski definition) is 5. The summed E-state index contributed by atoms with van der Waals surface area (Å²) in [6.07, 6.45) is -0.268. The van der Waals surface area contributed by atoms with Crippen LogP contribution in [-0.4, -0.2) is 44.1 Å². The summed E-state index contributed by atoms with van der Waals surface area (Å²) in [5.41, 5.74) is 0.360. The van der Waals surface area contributed by atoms with Gasteiger partial charge in [0.25, 0.3) is 5.91 Å². The molecule has 1 heterocycles. The van der Waals surface area contributed by atoms with Gasteiger partial charge in [-0.3, -0.25) is 9.59 Å². The third-order valence-corrected chi connectivity index (χ3v) is 5.55. The number of aliphatic carboxylic acids is 1. The molecule has 0 aliphatic rings. The van der Waals surface area contributed by atoms with Crippen molar-refractivity contribution in [3.8, 4) is 11.6 Å². The maximum absolute atomic E-state index is 13.0. The Morgan fingerprint density at radius 3 is 2.27 bits per heavy atom. The van der Waals surface area contributed by atoms with Gasteiger partial charge in [0, 0.05) is 6.07 Å². The Bertz CT molecular complexity index is 1080. The normalized spacial score (nSPS) is 13.8. The molecule has 0 fully saturated rings. The molecule has 0 aliphatic carbocycles. The third-order valence-electron chi connectivity index (χ3n) is 5.55. The molecule has 2 aromatic carbocycles. The minimum Gasteiger partial charge on any atom is -0.481 e. The molecule has 0 spiro atoms. The summed E-state index contributed by atoms with van der Waals surface area (Å²) in [6.45, 7) is 5.48. The lowest BCUT2D eigenvalue weighted by molar-refractivity contribution is -0.137. The number of nitrogens with one attached hydrogen (secondary N) is 1. The Labute approximate surface area is 192 Å². The number of rotatable bonds is 10. The van der Waals surface area contributed by atoms with Crippen LogP contribution in [0, 0.1) is 5.92 Å². The van der Waals surface area contributed by atoms with Crippen molar-refractivity contribution in [3.63, 3.8) is 0 Å². The van der Waals surface area contributed by atoms with Gasteiger partial charge in [0.05, 0.1) is 23.8 Å². The standard InChI is InChI=1S/C25H29N3O5/c1-17(2)25(3,32)16-33-22-14-21(27-28(22)19-12-8-5-9-13-19)24(31)26-20(15-23(29)30)18-10-6-4-7-11-18/h4-14,17,20,32H,15-16H2,1-3H3,(H,26,31)(H,29,30). The number of carbonyl (C=O) groups is 2. The Hall–Kier alpha value is -3.65. The van der Waals surface area contributed by atoms with Gasteiger partial charge < -0.3 is 20.3 Å². The molecule has 2 unspecified atom stereocenters. The number of aliphatic hydroxyl groups is 1. The molecule has 8 heteroatoms. The number of para-hydroxylation sites is 1. The number of amides is 1. The molecule has 0 saturated heterocycles. The second-order valence-electron chi connectivity index (χ2n) is 8.45. The molecule has 8 nitrogen and oxygen atoms in total. The Morgan fingerprint density at radius 1 is 1.09 bits per heavy atom. The quantitative estimate of drug-likeness (QED) is 0.434. The minimum atomic E-state index is -1.08. The summed E-state index contributed by atoms with van der Waals surface area (Å²) in [5, 5.41) is 27.0. The van der Waals surface area contributed by atoms with Crippen LogP contribution < -0.4 is 10.1 Å². The van der Waals surface area contributed by atoms with Crippen LogP contribution in [0.5, 0.6) is 5.88 Å². The van der Waals surface area contributed by atoms with E-state index < -0.39 is 23.5 Å². The van der Waals surface area contributed by atoms with E-state index >= 15 is 0 Å². The van der Waals surface area contributed by atoms with E-state index in [9.17, 15) is 19.8 Å². The lowest BCUT2D eigenvalue weighted by atomic mass is 9.94. The molecule has 0 saturated carbocycles. The minimum absolute atomic E-state index is 0.00983. The summed E-state index contributed by atoms with van der Waals surface area (Å²) in [6, 6.07) is 18.9. The van der Waals surface area contributed by atoms with Crippen LogP contribution >= 0.6 is 0 Å². The second kappa shape index (κ2) is 10.3. The zero-order valence-corrected chi connectivity index (χ0v) is 18.9. The van der Waals surface area contributed by atoms with Crippen LogP contribution in [0.15, 0.2) is 66.7 Å². The highest BCUT2D eigenvalue weighted by atomic mass is 16.5. The number of aromatic nitrogens is 2. The van der Waals surface area contributed by atoms with E-state index in [0.717, 1.165) is 0 Å². The van der Waals surface area contributed by atoms with Crippen LogP contribution in [0.1, 0.15) is 49.3 Å². The summed E-state index contributed by atoms with van der Waals surface area (Å²) >= 11 is 0. The average Bonchev–Trinajstić information content (AvgIpc) is 3.23. The van der Waals surface area contributed by atoms with Crippen LogP contribution in [0.2, 0.25) is 0 Å². The van der Waals surface area contributed by atoms with Crippen LogP contribution in [0.4, 0.5) is 0 Å². The predicted molar refractivity (Wildman–Crippen MR) is 123 cm³/mol. The first-order valence-corrected chi connectivity index (χ1v) is 10.8. The fraction of sp³-hybridized carbons (Fsp3) is 0.320. The highest BCUT2D eigenvalue weighted by Crippen LogP contribution is 2.24. The molecule has 174 valence electrons. The van der Waals surface area contributed by atoms with E-state index in [0.29, 0.717) is 17.1 Å². The maximum Gasteiger partial charge on any atom is 0.305 e. The molecule has 1 amide bonds. The van der Waals surface area contributed by atoms with Gasteiger partial charge in [0.2, 0.25) is 5.88 Å². The summed E-state index contributed by atoms with van der Waals surface area (Å²) < 4.78 is 7.37. The third kappa shape index (κ3) is 6.20. The van der Waals surface area contributed by atoms with E-state index in [-0.39, 0.29) is 24.6 Å². The molecule has 0 bridgehead atoms. The number of carboxylic acid groups (broad SMARTS) is 1. The lowest BCUT2D eigenvalue weighted by Crippen LogP contribution is -2.38. The largest absolute Gasteiger partial charge is 0.481 e. The van der Waals surface area contributed by atoms with Crippen molar-refractivity contribution in [1.29, 1.82) is 0 Å². The number of carboxylic acids is 1. The maximum atomic E-state index is 13.0. The molecule has 3 rings (SSSR count). The molecule has 3 N–H and O–H groups in total. The zero-order chi connectivity index (χ0) is 24.0. The van der Waals surface area contributed by atoms with E-state index in [1.54, 1.807) is 31.2 Å². The van der Waals surface area contributed by atoms with E-state index in [4.69, 9.17) is 4.74 Å².